The van der Waals surface area contributed by atoms with Gasteiger partial charge in [0, 0.05) is 13.0 Å². The van der Waals surface area contributed by atoms with Crippen LogP contribution in [0.3, 0.4) is 0 Å². The first-order valence-corrected chi connectivity index (χ1v) is 7.03. The van der Waals surface area contributed by atoms with Gasteiger partial charge in [0.25, 0.3) is 0 Å². The number of aliphatic carboxylic acids is 1. The van der Waals surface area contributed by atoms with Crippen molar-refractivity contribution >= 4 is 40.8 Å². The van der Waals surface area contributed by atoms with Crippen LogP contribution in [0.2, 0.25) is 10.0 Å². The van der Waals surface area contributed by atoms with Gasteiger partial charge in [0.05, 0.1) is 28.4 Å². The van der Waals surface area contributed by atoms with Gasteiger partial charge < -0.3 is 15.5 Å². The molecule has 1 aromatic rings. The number of nitrogens with one attached hydrogen (secondary N) is 1. The molecule has 1 saturated heterocycles. The van der Waals surface area contributed by atoms with Gasteiger partial charge in [-0.25, -0.2) is 0 Å². The van der Waals surface area contributed by atoms with Gasteiger partial charge in [-0.3, -0.25) is 14.5 Å². The second kappa shape index (κ2) is 6.62. The van der Waals surface area contributed by atoms with Crippen molar-refractivity contribution in [3.05, 3.63) is 28.2 Å². The summed E-state index contributed by atoms with van der Waals surface area (Å²) in [6, 6.07) is 3.95. The quantitative estimate of drug-likeness (QED) is 0.776. The van der Waals surface area contributed by atoms with Crippen LogP contribution in [-0.2, 0) is 9.59 Å². The van der Waals surface area contributed by atoms with Crippen molar-refractivity contribution in [3.63, 3.8) is 0 Å². The van der Waals surface area contributed by atoms with Crippen LogP contribution in [0.15, 0.2) is 18.2 Å². The Morgan fingerprint density at radius 3 is 2.52 bits per heavy atom. The van der Waals surface area contributed by atoms with Crippen LogP contribution >= 0.6 is 23.2 Å². The molecule has 0 aliphatic carbocycles. The monoisotopic (exact) mass is 332 g/mol. The summed E-state index contributed by atoms with van der Waals surface area (Å²) < 4.78 is 0. The molecule has 2 atom stereocenters. The Balaban J connectivity index is 2.03. The number of benzene rings is 1. The molecule has 1 aromatic carbocycles. The topological polar surface area (TPSA) is 89.9 Å². The molecule has 114 valence electrons. The Hall–Kier alpha value is -1.34. The molecule has 21 heavy (non-hydrogen) atoms. The summed E-state index contributed by atoms with van der Waals surface area (Å²) in [5, 5.41) is 21.8. The van der Waals surface area contributed by atoms with E-state index in [-0.39, 0.29) is 25.2 Å². The zero-order chi connectivity index (χ0) is 15.6. The number of anilines is 1. The number of rotatable bonds is 4. The fourth-order valence-corrected chi connectivity index (χ4v) is 2.78. The van der Waals surface area contributed by atoms with Crippen molar-refractivity contribution < 1.29 is 19.8 Å². The summed E-state index contributed by atoms with van der Waals surface area (Å²) in [6.07, 6.45) is -0.641. The summed E-state index contributed by atoms with van der Waals surface area (Å²) in [5.74, 6) is -1.50. The number of halogens is 2. The Morgan fingerprint density at radius 2 is 1.95 bits per heavy atom. The average molecular weight is 333 g/mol. The van der Waals surface area contributed by atoms with Crippen LogP contribution in [-0.4, -0.2) is 52.2 Å². The van der Waals surface area contributed by atoms with Gasteiger partial charge in [-0.05, 0) is 12.1 Å². The fraction of sp³-hybridized carbons (Fsp3) is 0.385. The fourth-order valence-electron chi connectivity index (χ4n) is 2.29. The number of nitrogens with zero attached hydrogens (tertiary/aromatic N) is 1. The summed E-state index contributed by atoms with van der Waals surface area (Å²) in [7, 11) is 0. The highest BCUT2D eigenvalue weighted by Crippen LogP contribution is 2.29. The second-order valence-electron chi connectivity index (χ2n) is 4.82. The highest BCUT2D eigenvalue weighted by molar-refractivity contribution is 6.39. The Labute approximate surface area is 131 Å². The summed E-state index contributed by atoms with van der Waals surface area (Å²) in [5.41, 5.74) is 0.289. The normalized spacial score (nSPS) is 22.2. The van der Waals surface area contributed by atoms with E-state index in [0.29, 0.717) is 10.0 Å². The number of carboxylic acid groups (broad SMARTS) is 1. The molecule has 0 spiro atoms. The minimum absolute atomic E-state index is 0.107. The van der Waals surface area contributed by atoms with Crippen LogP contribution < -0.4 is 5.32 Å². The van der Waals surface area contributed by atoms with Gasteiger partial charge in [-0.1, -0.05) is 29.3 Å². The van der Waals surface area contributed by atoms with Crippen LogP contribution in [0.25, 0.3) is 0 Å². The number of carboxylic acids is 1. The van der Waals surface area contributed by atoms with Gasteiger partial charge >= 0.3 is 5.97 Å². The molecule has 0 bridgehead atoms. The Kier molecular flexibility index (Phi) is 5.05. The number of carbonyl (C=O) groups is 2. The molecule has 0 saturated carbocycles. The van der Waals surface area contributed by atoms with Crippen LogP contribution in [0, 0.1) is 0 Å². The van der Waals surface area contributed by atoms with Crippen LogP contribution in [0.4, 0.5) is 5.69 Å². The van der Waals surface area contributed by atoms with E-state index in [9.17, 15) is 14.7 Å². The molecule has 1 fully saturated rings. The molecule has 1 aliphatic rings. The first-order valence-electron chi connectivity index (χ1n) is 6.27. The molecular formula is C13H14Cl2N2O4. The maximum absolute atomic E-state index is 12.0. The molecule has 1 heterocycles. The third-order valence-corrected chi connectivity index (χ3v) is 3.87. The second-order valence-corrected chi connectivity index (χ2v) is 5.63. The summed E-state index contributed by atoms with van der Waals surface area (Å²) in [6.45, 7) is -0.0176. The lowest BCUT2D eigenvalue weighted by molar-refractivity contribution is -0.142. The van der Waals surface area contributed by atoms with E-state index in [2.05, 4.69) is 5.32 Å². The molecule has 0 radical (unpaired) electrons. The van der Waals surface area contributed by atoms with Crippen molar-refractivity contribution in [1.29, 1.82) is 0 Å². The van der Waals surface area contributed by atoms with Gasteiger partial charge in [-0.2, -0.15) is 0 Å². The van der Waals surface area contributed by atoms with E-state index in [1.165, 1.54) is 4.90 Å². The molecule has 2 unspecified atom stereocenters. The van der Waals surface area contributed by atoms with E-state index >= 15 is 0 Å². The van der Waals surface area contributed by atoms with Crippen LogP contribution in [0.1, 0.15) is 6.42 Å². The molecule has 3 N–H and O–H groups in total. The maximum Gasteiger partial charge on any atom is 0.321 e. The zero-order valence-corrected chi connectivity index (χ0v) is 12.4. The number of amides is 1. The third kappa shape index (κ3) is 3.85. The number of hydrogen-bond donors (Lipinski definition) is 3. The molecule has 1 amide bonds. The molecule has 8 heteroatoms. The van der Waals surface area contributed by atoms with Gasteiger partial charge in [0.2, 0.25) is 5.91 Å². The number of aliphatic hydroxyl groups excluding tert-OH is 1. The predicted octanol–water partition coefficient (Wildman–Crippen LogP) is 1.45. The molecule has 0 aromatic heterocycles. The molecular weight excluding hydrogens is 319 g/mol. The van der Waals surface area contributed by atoms with E-state index in [1.54, 1.807) is 18.2 Å². The maximum atomic E-state index is 12.0. The Morgan fingerprint density at radius 1 is 1.33 bits per heavy atom. The Bertz CT molecular complexity index is 547. The molecule has 1 aliphatic heterocycles. The van der Waals surface area contributed by atoms with E-state index < -0.39 is 24.0 Å². The van der Waals surface area contributed by atoms with Gasteiger partial charge in [0.15, 0.2) is 0 Å². The van der Waals surface area contributed by atoms with E-state index in [0.717, 1.165) is 0 Å². The number of para-hydroxylation sites is 1. The van der Waals surface area contributed by atoms with Gasteiger partial charge in [-0.15, -0.1) is 0 Å². The number of aliphatic hydroxyl groups is 1. The number of carbonyl (C=O) groups excluding carboxylic acids is 1. The van der Waals surface area contributed by atoms with Crippen molar-refractivity contribution in [2.75, 3.05) is 18.4 Å². The summed E-state index contributed by atoms with van der Waals surface area (Å²) in [4.78, 5) is 24.5. The highest BCUT2D eigenvalue weighted by atomic mass is 35.5. The minimum Gasteiger partial charge on any atom is -0.480 e. The smallest absolute Gasteiger partial charge is 0.321 e. The zero-order valence-electron chi connectivity index (χ0n) is 10.9. The van der Waals surface area contributed by atoms with Crippen molar-refractivity contribution in [1.82, 2.24) is 4.90 Å². The molecule has 6 nitrogen and oxygen atoms in total. The summed E-state index contributed by atoms with van der Waals surface area (Å²) >= 11 is 11.9. The first-order chi connectivity index (χ1) is 9.88. The standard InChI is InChI=1S/C13H14Cl2N2O4/c14-8-2-1-3-9(15)12(8)16-11(19)6-17-5-7(18)4-10(17)13(20)21/h1-3,7,10,18H,4-6H2,(H,16,19)(H,20,21). The number of β-amino-alcohol motifs (C(OH)–C–C–N with tert-alkyl or cyclic N) is 1. The number of likely N-dealkylation sites (tertiary alicyclic amines) is 1. The van der Waals surface area contributed by atoms with Crippen molar-refractivity contribution in [2.24, 2.45) is 0 Å². The largest absolute Gasteiger partial charge is 0.480 e. The van der Waals surface area contributed by atoms with Crippen molar-refractivity contribution in [2.45, 2.75) is 18.6 Å². The minimum atomic E-state index is -1.06. The lowest BCUT2D eigenvalue weighted by Gasteiger charge is -2.20. The highest BCUT2D eigenvalue weighted by Gasteiger charge is 2.36. The average Bonchev–Trinajstić information content (AvgIpc) is 2.75. The van der Waals surface area contributed by atoms with E-state index in [1.807, 2.05) is 0 Å². The first kappa shape index (κ1) is 16.0. The SMILES string of the molecule is O=C(CN1CC(O)CC1C(=O)O)Nc1c(Cl)cccc1Cl. The lowest BCUT2D eigenvalue weighted by atomic mass is 10.2. The molecule has 2 rings (SSSR count). The van der Waals surface area contributed by atoms with Crippen LogP contribution in [0.5, 0.6) is 0 Å². The lowest BCUT2D eigenvalue weighted by Crippen LogP contribution is -2.41. The third-order valence-electron chi connectivity index (χ3n) is 3.24. The van der Waals surface area contributed by atoms with Crippen molar-refractivity contribution in [3.8, 4) is 0 Å². The van der Waals surface area contributed by atoms with E-state index in [4.69, 9.17) is 28.3 Å². The number of hydrogen-bond acceptors (Lipinski definition) is 4. The predicted molar refractivity (Wildman–Crippen MR) is 78.7 cm³/mol. The van der Waals surface area contributed by atoms with Gasteiger partial charge in [0.1, 0.15) is 6.04 Å².